The first-order valence-corrected chi connectivity index (χ1v) is 5.51. The van der Waals surface area contributed by atoms with Crippen molar-refractivity contribution in [3.05, 3.63) is 6.42 Å². The highest BCUT2D eigenvalue weighted by Crippen LogP contribution is 2.35. The van der Waals surface area contributed by atoms with Gasteiger partial charge in [-0.1, -0.05) is 33.6 Å². The van der Waals surface area contributed by atoms with Crippen molar-refractivity contribution in [1.29, 1.82) is 0 Å². The first kappa shape index (κ1) is 10.1. The smallest absolute Gasteiger partial charge is 0.0388 e. The van der Waals surface area contributed by atoms with E-state index >= 15 is 0 Å². The van der Waals surface area contributed by atoms with E-state index in [2.05, 4.69) is 27.2 Å². The van der Waals surface area contributed by atoms with E-state index in [4.69, 9.17) is 0 Å². The van der Waals surface area contributed by atoms with Crippen LogP contribution in [0.15, 0.2) is 0 Å². The Hall–Kier alpha value is 0. The van der Waals surface area contributed by atoms with Crippen LogP contribution in [0.1, 0.15) is 52.9 Å². The molecule has 0 aromatic carbocycles. The molecule has 1 rings (SSSR count). The molecule has 0 heteroatoms. The highest BCUT2D eigenvalue weighted by atomic mass is 14.3. The van der Waals surface area contributed by atoms with E-state index in [1.54, 1.807) is 0 Å². The second-order valence-electron chi connectivity index (χ2n) is 4.64. The maximum Gasteiger partial charge on any atom is -0.0388 e. The first-order valence-electron chi connectivity index (χ1n) is 5.51. The number of unbranched alkanes of at least 4 members (excludes halogenated alkanes) is 1. The van der Waals surface area contributed by atoms with E-state index in [1.165, 1.54) is 32.1 Å². The molecule has 1 aliphatic rings. The van der Waals surface area contributed by atoms with Crippen LogP contribution in [0, 0.1) is 24.2 Å². The van der Waals surface area contributed by atoms with Crippen molar-refractivity contribution < 1.29 is 0 Å². The van der Waals surface area contributed by atoms with Gasteiger partial charge >= 0.3 is 0 Å². The zero-order chi connectivity index (χ0) is 8.97. The molecular weight excluding hydrogens is 144 g/mol. The molecule has 0 aromatic heterocycles. The Balaban J connectivity index is 2.25. The molecule has 3 unspecified atom stereocenters. The van der Waals surface area contributed by atoms with E-state index in [0.29, 0.717) is 0 Å². The molecule has 3 atom stereocenters. The summed E-state index contributed by atoms with van der Waals surface area (Å²) >= 11 is 0. The molecule has 0 aliphatic heterocycles. The monoisotopic (exact) mass is 167 g/mol. The van der Waals surface area contributed by atoms with Gasteiger partial charge < -0.3 is 0 Å². The maximum absolute atomic E-state index is 2.44. The zero-order valence-electron chi connectivity index (χ0n) is 8.84. The van der Waals surface area contributed by atoms with E-state index in [0.717, 1.165) is 17.8 Å². The molecule has 0 amide bonds. The van der Waals surface area contributed by atoms with Crippen LogP contribution >= 0.6 is 0 Å². The summed E-state index contributed by atoms with van der Waals surface area (Å²) in [5.74, 6) is 2.99. The van der Waals surface area contributed by atoms with Gasteiger partial charge in [0.1, 0.15) is 0 Å². The zero-order valence-corrected chi connectivity index (χ0v) is 8.84. The summed E-state index contributed by atoms with van der Waals surface area (Å²) in [5.41, 5.74) is 0. The Kier molecular flexibility index (Phi) is 4.11. The Labute approximate surface area is 77.7 Å². The molecule has 1 radical (unpaired) electrons. The van der Waals surface area contributed by atoms with Crippen LogP contribution in [-0.4, -0.2) is 0 Å². The molecular formula is C12H23. The van der Waals surface area contributed by atoms with Gasteiger partial charge in [0.2, 0.25) is 0 Å². The van der Waals surface area contributed by atoms with Gasteiger partial charge in [0.05, 0.1) is 0 Å². The Morgan fingerprint density at radius 1 is 1.25 bits per heavy atom. The van der Waals surface area contributed by atoms with Gasteiger partial charge in [-0.3, -0.25) is 0 Å². The summed E-state index contributed by atoms with van der Waals surface area (Å²) in [6.45, 7) is 7.02. The molecule has 0 bridgehead atoms. The molecule has 0 heterocycles. The minimum Gasteiger partial charge on any atom is -0.0625 e. The van der Waals surface area contributed by atoms with Gasteiger partial charge in [-0.25, -0.2) is 0 Å². The maximum atomic E-state index is 2.44. The minimum absolute atomic E-state index is 0.980. The molecule has 1 fully saturated rings. The second kappa shape index (κ2) is 4.89. The van der Waals surface area contributed by atoms with E-state index in [9.17, 15) is 0 Å². The third-order valence-corrected chi connectivity index (χ3v) is 3.44. The fourth-order valence-corrected chi connectivity index (χ4v) is 2.54. The lowest BCUT2D eigenvalue weighted by Crippen LogP contribution is -2.21. The van der Waals surface area contributed by atoms with Crippen LogP contribution in [0.3, 0.4) is 0 Å². The average Bonchev–Trinajstić information content (AvgIpc) is 2.03. The summed E-state index contributed by atoms with van der Waals surface area (Å²) in [5, 5.41) is 0. The molecule has 0 saturated heterocycles. The van der Waals surface area contributed by atoms with Crippen LogP contribution in [0.4, 0.5) is 0 Å². The Morgan fingerprint density at radius 3 is 2.58 bits per heavy atom. The molecule has 0 spiro atoms. The van der Waals surface area contributed by atoms with Crippen molar-refractivity contribution in [2.45, 2.75) is 52.9 Å². The van der Waals surface area contributed by atoms with Crippen LogP contribution in [-0.2, 0) is 0 Å². The lowest BCUT2D eigenvalue weighted by molar-refractivity contribution is 0.194. The average molecular weight is 167 g/mol. The molecule has 0 nitrogen and oxygen atoms in total. The molecule has 0 N–H and O–H groups in total. The Morgan fingerprint density at radius 2 is 2.00 bits per heavy atom. The summed E-state index contributed by atoms with van der Waals surface area (Å²) < 4.78 is 0. The molecule has 1 saturated carbocycles. The Bertz CT molecular complexity index is 115. The topological polar surface area (TPSA) is 0 Å². The van der Waals surface area contributed by atoms with Crippen LogP contribution in [0.2, 0.25) is 0 Å². The quantitative estimate of drug-likeness (QED) is 0.594. The third-order valence-electron chi connectivity index (χ3n) is 3.44. The lowest BCUT2D eigenvalue weighted by Gasteiger charge is -2.32. The van der Waals surface area contributed by atoms with Crippen LogP contribution < -0.4 is 0 Å². The van der Waals surface area contributed by atoms with Crippen molar-refractivity contribution in [3.63, 3.8) is 0 Å². The second-order valence-corrected chi connectivity index (χ2v) is 4.64. The highest BCUT2D eigenvalue weighted by Gasteiger charge is 2.24. The van der Waals surface area contributed by atoms with Crippen molar-refractivity contribution in [2.75, 3.05) is 0 Å². The normalized spacial score (nSPS) is 36.8. The largest absolute Gasteiger partial charge is 0.0625 e. The summed E-state index contributed by atoms with van der Waals surface area (Å²) in [4.78, 5) is 0. The number of rotatable bonds is 3. The van der Waals surface area contributed by atoms with E-state index in [1.807, 2.05) is 0 Å². The molecule has 12 heavy (non-hydrogen) atoms. The molecule has 0 aromatic rings. The van der Waals surface area contributed by atoms with Crippen molar-refractivity contribution in [3.8, 4) is 0 Å². The predicted molar refractivity (Wildman–Crippen MR) is 54.9 cm³/mol. The van der Waals surface area contributed by atoms with Crippen molar-refractivity contribution in [1.82, 2.24) is 0 Å². The molecule has 1 aliphatic carbocycles. The van der Waals surface area contributed by atoms with Gasteiger partial charge in [-0.05, 0) is 43.4 Å². The fraction of sp³-hybridized carbons (Fsp3) is 0.917. The molecule has 71 valence electrons. The van der Waals surface area contributed by atoms with Crippen LogP contribution in [0.25, 0.3) is 0 Å². The minimum atomic E-state index is 0.980. The lowest BCUT2D eigenvalue weighted by atomic mass is 9.74. The van der Waals surface area contributed by atoms with Gasteiger partial charge in [0, 0.05) is 0 Å². The van der Waals surface area contributed by atoms with Crippen LogP contribution in [0.5, 0.6) is 0 Å². The van der Waals surface area contributed by atoms with E-state index in [-0.39, 0.29) is 0 Å². The summed E-state index contributed by atoms with van der Waals surface area (Å²) in [6, 6.07) is 0. The fourth-order valence-electron chi connectivity index (χ4n) is 2.54. The van der Waals surface area contributed by atoms with Gasteiger partial charge in [-0.15, -0.1) is 0 Å². The van der Waals surface area contributed by atoms with Crippen molar-refractivity contribution >= 4 is 0 Å². The van der Waals surface area contributed by atoms with Crippen molar-refractivity contribution in [2.24, 2.45) is 17.8 Å². The van der Waals surface area contributed by atoms with Gasteiger partial charge in [0.25, 0.3) is 0 Å². The summed E-state index contributed by atoms with van der Waals surface area (Å²) in [6.07, 6.45) is 9.49. The highest BCUT2D eigenvalue weighted by molar-refractivity contribution is 4.76. The standard InChI is InChI=1S/C12H23/c1-4-5-6-12-8-7-10(2)9-11(12)3/h4,10-12H,5-9H2,1-3H3. The van der Waals surface area contributed by atoms with Gasteiger partial charge in [-0.2, -0.15) is 0 Å². The first-order chi connectivity index (χ1) is 5.74. The third kappa shape index (κ3) is 2.80. The summed E-state index contributed by atoms with van der Waals surface area (Å²) in [7, 11) is 0. The SMILES string of the molecule is C[CH]CCC1CCC(C)CC1C. The van der Waals surface area contributed by atoms with E-state index < -0.39 is 0 Å². The predicted octanol–water partition coefficient (Wildman–Crippen LogP) is 4.06. The van der Waals surface area contributed by atoms with Gasteiger partial charge in [0.15, 0.2) is 0 Å². The number of hydrogen-bond acceptors (Lipinski definition) is 0. The number of hydrogen-bond donors (Lipinski definition) is 0.